The lowest BCUT2D eigenvalue weighted by Gasteiger charge is -2.34. The molecule has 22 heavy (non-hydrogen) atoms. The second-order valence-corrected chi connectivity index (χ2v) is 6.35. The number of piperidine rings is 1. The summed E-state index contributed by atoms with van der Waals surface area (Å²) in [5.41, 5.74) is 3.60. The Morgan fingerprint density at radius 1 is 1.23 bits per heavy atom. The molecule has 2 heterocycles. The van der Waals surface area contributed by atoms with Crippen molar-refractivity contribution in [3.8, 4) is 0 Å². The predicted molar refractivity (Wildman–Crippen MR) is 87.3 cm³/mol. The smallest absolute Gasteiger partial charge is 0.0819 e. The van der Waals surface area contributed by atoms with Gasteiger partial charge >= 0.3 is 0 Å². The average Bonchev–Trinajstić information content (AvgIpc) is 2.88. The van der Waals surface area contributed by atoms with Gasteiger partial charge in [-0.25, -0.2) is 0 Å². The molecule has 4 nitrogen and oxygen atoms in total. The molecule has 1 aromatic carbocycles. The van der Waals surface area contributed by atoms with Crippen molar-refractivity contribution in [3.63, 3.8) is 0 Å². The molecule has 1 unspecified atom stereocenters. The van der Waals surface area contributed by atoms with Crippen molar-refractivity contribution in [3.05, 3.63) is 53.3 Å². The lowest BCUT2D eigenvalue weighted by atomic mass is 9.87. The van der Waals surface area contributed by atoms with E-state index in [1.54, 1.807) is 0 Å². The van der Waals surface area contributed by atoms with Gasteiger partial charge in [0.1, 0.15) is 0 Å². The van der Waals surface area contributed by atoms with E-state index in [4.69, 9.17) is 0 Å². The van der Waals surface area contributed by atoms with Crippen LogP contribution < -0.4 is 0 Å². The van der Waals surface area contributed by atoms with Gasteiger partial charge in [0.15, 0.2) is 0 Å². The van der Waals surface area contributed by atoms with Gasteiger partial charge in [0.05, 0.1) is 12.3 Å². The van der Waals surface area contributed by atoms with Crippen LogP contribution in [0.1, 0.15) is 35.8 Å². The van der Waals surface area contributed by atoms with Crippen molar-refractivity contribution in [2.75, 3.05) is 13.1 Å². The number of aryl methyl sites for hydroxylation is 1. The highest BCUT2D eigenvalue weighted by molar-refractivity contribution is 5.18. The van der Waals surface area contributed by atoms with Gasteiger partial charge in [-0.05, 0) is 44.3 Å². The Balaban J connectivity index is 1.55. The van der Waals surface area contributed by atoms with Crippen molar-refractivity contribution in [1.82, 2.24) is 14.7 Å². The van der Waals surface area contributed by atoms with Crippen LogP contribution in [0.15, 0.2) is 36.5 Å². The molecule has 1 aliphatic heterocycles. The van der Waals surface area contributed by atoms with E-state index in [2.05, 4.69) is 16.9 Å². The molecular formula is C18H25N3O. The molecule has 1 fully saturated rings. The summed E-state index contributed by atoms with van der Waals surface area (Å²) < 4.78 is 1.93. The third-order valence-electron chi connectivity index (χ3n) is 4.95. The maximum absolute atomic E-state index is 10.5. The number of nitrogens with zero attached hydrogens (tertiary/aromatic N) is 3. The van der Waals surface area contributed by atoms with E-state index >= 15 is 0 Å². The van der Waals surface area contributed by atoms with Crippen molar-refractivity contribution in [2.45, 2.75) is 32.4 Å². The summed E-state index contributed by atoms with van der Waals surface area (Å²) in [5, 5.41) is 14.9. The van der Waals surface area contributed by atoms with Crippen LogP contribution >= 0.6 is 0 Å². The average molecular weight is 299 g/mol. The molecule has 3 rings (SSSR count). The zero-order chi connectivity index (χ0) is 15.5. The van der Waals surface area contributed by atoms with Crippen LogP contribution in [0.25, 0.3) is 0 Å². The van der Waals surface area contributed by atoms with E-state index < -0.39 is 0 Å². The normalized spacial score (nSPS) is 18.5. The Morgan fingerprint density at radius 3 is 2.50 bits per heavy atom. The van der Waals surface area contributed by atoms with Gasteiger partial charge < -0.3 is 5.11 Å². The lowest BCUT2D eigenvalue weighted by molar-refractivity contribution is 0.0567. The van der Waals surface area contributed by atoms with E-state index in [0.29, 0.717) is 5.92 Å². The summed E-state index contributed by atoms with van der Waals surface area (Å²) in [4.78, 5) is 2.47. The number of rotatable bonds is 4. The molecule has 2 aromatic rings. The maximum atomic E-state index is 10.5. The van der Waals surface area contributed by atoms with Gasteiger partial charge in [0, 0.05) is 24.8 Å². The number of hydrogen-bond acceptors (Lipinski definition) is 3. The first-order valence-electron chi connectivity index (χ1n) is 8.08. The first kappa shape index (κ1) is 15.3. The first-order valence-corrected chi connectivity index (χ1v) is 8.08. The molecule has 0 saturated carbocycles. The van der Waals surface area contributed by atoms with E-state index in [-0.39, 0.29) is 6.10 Å². The van der Waals surface area contributed by atoms with Crippen LogP contribution in [-0.4, -0.2) is 32.9 Å². The Hall–Kier alpha value is -1.65. The summed E-state index contributed by atoms with van der Waals surface area (Å²) >= 11 is 0. The third-order valence-corrected chi connectivity index (χ3v) is 4.95. The molecule has 118 valence electrons. The summed E-state index contributed by atoms with van der Waals surface area (Å²) in [7, 11) is 1.99. The highest BCUT2D eigenvalue weighted by Crippen LogP contribution is 2.31. The molecule has 0 spiro atoms. The molecule has 1 N–H and O–H groups in total. The number of likely N-dealkylation sites (tertiary alicyclic amines) is 1. The monoisotopic (exact) mass is 299 g/mol. The number of aliphatic hydroxyl groups excluding tert-OH is 1. The van der Waals surface area contributed by atoms with Crippen LogP contribution in [0, 0.1) is 12.8 Å². The summed E-state index contributed by atoms with van der Waals surface area (Å²) in [6.07, 6.45) is 3.74. The molecular weight excluding hydrogens is 274 g/mol. The standard InChI is InChI=1S/C18H25N3O/c1-14-17(12-19-20(14)2)13-21-10-8-16(9-11-21)18(22)15-6-4-3-5-7-15/h3-7,12,16,18,22H,8-11,13H2,1-2H3. The number of hydrogen-bond donors (Lipinski definition) is 1. The number of aliphatic hydroxyl groups is 1. The lowest BCUT2D eigenvalue weighted by Crippen LogP contribution is -2.35. The van der Waals surface area contributed by atoms with Crippen LogP contribution in [0.2, 0.25) is 0 Å². The van der Waals surface area contributed by atoms with Crippen molar-refractivity contribution >= 4 is 0 Å². The van der Waals surface area contributed by atoms with Gasteiger partial charge in [0.25, 0.3) is 0 Å². The minimum atomic E-state index is -0.330. The van der Waals surface area contributed by atoms with Crippen molar-refractivity contribution in [2.24, 2.45) is 13.0 Å². The Kier molecular flexibility index (Phi) is 4.60. The zero-order valence-electron chi connectivity index (χ0n) is 13.4. The molecule has 1 aromatic heterocycles. The number of benzene rings is 1. The second kappa shape index (κ2) is 6.63. The van der Waals surface area contributed by atoms with Gasteiger partial charge in [-0.1, -0.05) is 30.3 Å². The summed E-state index contributed by atoms with van der Waals surface area (Å²) in [6, 6.07) is 10.0. The van der Waals surface area contributed by atoms with Gasteiger partial charge in [-0.3, -0.25) is 9.58 Å². The molecule has 4 heteroatoms. The Morgan fingerprint density at radius 2 is 1.91 bits per heavy atom. The van der Waals surface area contributed by atoms with E-state index in [9.17, 15) is 5.11 Å². The largest absolute Gasteiger partial charge is 0.388 e. The fourth-order valence-electron chi connectivity index (χ4n) is 3.29. The quantitative estimate of drug-likeness (QED) is 0.943. The van der Waals surface area contributed by atoms with E-state index in [1.807, 2.05) is 48.3 Å². The molecule has 1 saturated heterocycles. The molecule has 0 radical (unpaired) electrons. The number of aromatic nitrogens is 2. The molecule has 1 atom stereocenters. The van der Waals surface area contributed by atoms with Crippen molar-refractivity contribution in [1.29, 1.82) is 0 Å². The van der Waals surface area contributed by atoms with Crippen LogP contribution in [-0.2, 0) is 13.6 Å². The Bertz CT molecular complexity index is 600. The second-order valence-electron chi connectivity index (χ2n) is 6.35. The van der Waals surface area contributed by atoms with Gasteiger partial charge in [-0.2, -0.15) is 5.10 Å². The molecule has 0 bridgehead atoms. The maximum Gasteiger partial charge on any atom is 0.0819 e. The summed E-state index contributed by atoms with van der Waals surface area (Å²) in [6.45, 7) is 5.17. The predicted octanol–water partition coefficient (Wildman–Crippen LogP) is 2.67. The molecule has 0 amide bonds. The van der Waals surface area contributed by atoms with E-state index in [0.717, 1.165) is 38.0 Å². The molecule has 1 aliphatic rings. The van der Waals surface area contributed by atoms with Crippen LogP contribution in [0.3, 0.4) is 0 Å². The van der Waals surface area contributed by atoms with E-state index in [1.165, 1.54) is 11.3 Å². The minimum Gasteiger partial charge on any atom is -0.388 e. The summed E-state index contributed by atoms with van der Waals surface area (Å²) in [5.74, 6) is 0.369. The zero-order valence-corrected chi connectivity index (χ0v) is 13.4. The van der Waals surface area contributed by atoms with Gasteiger partial charge in [0.2, 0.25) is 0 Å². The topological polar surface area (TPSA) is 41.3 Å². The van der Waals surface area contributed by atoms with Crippen LogP contribution in [0.4, 0.5) is 0 Å². The van der Waals surface area contributed by atoms with Crippen LogP contribution in [0.5, 0.6) is 0 Å². The first-order chi connectivity index (χ1) is 10.6. The fraction of sp³-hybridized carbons (Fsp3) is 0.500. The minimum absolute atomic E-state index is 0.330. The van der Waals surface area contributed by atoms with Crippen molar-refractivity contribution < 1.29 is 5.11 Å². The Labute approximate surface area is 132 Å². The van der Waals surface area contributed by atoms with Gasteiger partial charge in [-0.15, -0.1) is 0 Å². The third kappa shape index (κ3) is 3.23. The highest BCUT2D eigenvalue weighted by atomic mass is 16.3. The fourth-order valence-corrected chi connectivity index (χ4v) is 3.29. The SMILES string of the molecule is Cc1c(CN2CCC(C(O)c3ccccc3)CC2)cnn1C. The molecule has 0 aliphatic carbocycles. The highest BCUT2D eigenvalue weighted by Gasteiger charge is 2.26.